The summed E-state index contributed by atoms with van der Waals surface area (Å²) in [5, 5.41) is 5.82. The maximum atomic E-state index is 12.5. The Kier molecular flexibility index (Phi) is 4.72. The minimum absolute atomic E-state index is 0.129. The number of anilines is 1. The van der Waals surface area contributed by atoms with Crippen molar-refractivity contribution in [2.24, 2.45) is 0 Å². The van der Waals surface area contributed by atoms with Gasteiger partial charge in [0.25, 0.3) is 0 Å². The zero-order chi connectivity index (χ0) is 15.5. The third kappa shape index (κ3) is 3.87. The topological polar surface area (TPSA) is 44.4 Å². The van der Waals surface area contributed by atoms with Gasteiger partial charge in [0.15, 0.2) is 0 Å². The largest absolute Gasteiger partial charge is 0.416 e. The predicted molar refractivity (Wildman–Crippen MR) is 74.1 cm³/mol. The molecule has 1 aliphatic heterocycles. The molecule has 4 nitrogen and oxygen atoms in total. The van der Waals surface area contributed by atoms with Gasteiger partial charge in [-0.1, -0.05) is 0 Å². The number of carbonyl (C=O) groups excluding carboxylic acids is 1. The van der Waals surface area contributed by atoms with Crippen molar-refractivity contribution >= 4 is 11.7 Å². The number of carbonyl (C=O) groups is 1. The summed E-state index contributed by atoms with van der Waals surface area (Å²) in [6, 6.07) is 4.30. The van der Waals surface area contributed by atoms with E-state index in [1.807, 2.05) is 6.92 Å². The quantitative estimate of drug-likeness (QED) is 0.901. The average molecular weight is 301 g/mol. The Morgan fingerprint density at radius 2 is 2.05 bits per heavy atom. The first-order chi connectivity index (χ1) is 9.91. The summed E-state index contributed by atoms with van der Waals surface area (Å²) in [6.07, 6.45) is -3.48. The van der Waals surface area contributed by atoms with E-state index in [1.54, 1.807) is 4.90 Å². The third-order valence-electron chi connectivity index (χ3n) is 3.54. The molecule has 0 saturated carbocycles. The van der Waals surface area contributed by atoms with Crippen molar-refractivity contribution < 1.29 is 18.0 Å². The number of hydrogen-bond acceptors (Lipinski definition) is 2. The molecule has 2 amide bonds. The third-order valence-corrected chi connectivity index (χ3v) is 3.54. The van der Waals surface area contributed by atoms with Crippen LogP contribution in [-0.4, -0.2) is 36.6 Å². The Bertz CT molecular complexity index is 481. The number of alkyl halides is 3. The summed E-state index contributed by atoms with van der Waals surface area (Å²) in [4.78, 5) is 13.9. The van der Waals surface area contributed by atoms with Crippen LogP contribution in [0, 0.1) is 0 Å². The van der Waals surface area contributed by atoms with Gasteiger partial charge in [-0.25, -0.2) is 4.79 Å². The first kappa shape index (κ1) is 15.6. The molecule has 2 N–H and O–H groups in total. The number of urea groups is 1. The molecule has 1 aromatic carbocycles. The van der Waals surface area contributed by atoms with Crippen LogP contribution in [0.5, 0.6) is 0 Å². The lowest BCUT2D eigenvalue weighted by Crippen LogP contribution is -2.43. The molecule has 116 valence electrons. The van der Waals surface area contributed by atoms with E-state index in [0.717, 1.165) is 31.6 Å². The van der Waals surface area contributed by atoms with Crippen LogP contribution in [0.1, 0.15) is 18.9 Å². The summed E-state index contributed by atoms with van der Waals surface area (Å²) in [6.45, 7) is 4.05. The van der Waals surface area contributed by atoms with E-state index >= 15 is 0 Å². The second-order valence-electron chi connectivity index (χ2n) is 4.94. The van der Waals surface area contributed by atoms with Crippen LogP contribution >= 0.6 is 0 Å². The molecule has 0 bridgehead atoms. The number of likely N-dealkylation sites (N-methyl/N-ethyl adjacent to an activating group) is 1. The fourth-order valence-corrected chi connectivity index (χ4v) is 2.41. The molecule has 1 saturated heterocycles. The highest BCUT2D eigenvalue weighted by Gasteiger charge is 2.30. The molecule has 2 rings (SSSR count). The fraction of sp³-hybridized carbons (Fsp3) is 0.500. The molecule has 0 spiro atoms. The van der Waals surface area contributed by atoms with Crippen LogP contribution in [0.2, 0.25) is 0 Å². The minimum atomic E-state index is -4.37. The first-order valence-corrected chi connectivity index (χ1v) is 6.87. The van der Waals surface area contributed by atoms with E-state index in [2.05, 4.69) is 10.6 Å². The average Bonchev–Trinajstić information content (AvgIpc) is 2.93. The predicted octanol–water partition coefficient (Wildman–Crippen LogP) is 2.92. The fourth-order valence-electron chi connectivity index (χ4n) is 2.41. The van der Waals surface area contributed by atoms with Crippen molar-refractivity contribution in [2.45, 2.75) is 25.6 Å². The first-order valence-electron chi connectivity index (χ1n) is 6.87. The monoisotopic (exact) mass is 301 g/mol. The van der Waals surface area contributed by atoms with E-state index in [0.29, 0.717) is 12.2 Å². The number of halogens is 3. The smallest absolute Gasteiger partial charge is 0.321 e. The number of rotatable bonds is 3. The van der Waals surface area contributed by atoms with E-state index in [4.69, 9.17) is 0 Å². The van der Waals surface area contributed by atoms with E-state index < -0.39 is 11.7 Å². The van der Waals surface area contributed by atoms with Crippen LogP contribution in [0.15, 0.2) is 24.3 Å². The number of hydrogen-bond donors (Lipinski definition) is 2. The molecular weight excluding hydrogens is 283 g/mol. The molecule has 7 heteroatoms. The van der Waals surface area contributed by atoms with Crippen LogP contribution in [0.3, 0.4) is 0 Å². The lowest BCUT2D eigenvalue weighted by molar-refractivity contribution is -0.137. The van der Waals surface area contributed by atoms with Gasteiger partial charge in [0, 0.05) is 24.8 Å². The standard InChI is InChI=1S/C14H18F3N3O/c1-2-20(12-7-8-18-9-12)13(21)19-11-5-3-10(4-6-11)14(15,16)17/h3-6,12,18H,2,7-9H2,1H3,(H,19,21). The molecule has 1 heterocycles. The van der Waals surface area contributed by atoms with Gasteiger partial charge in [-0.2, -0.15) is 13.2 Å². The highest BCUT2D eigenvalue weighted by molar-refractivity contribution is 5.89. The SMILES string of the molecule is CCN(C(=O)Nc1ccc(C(F)(F)F)cc1)C1CCNC1. The summed E-state index contributed by atoms with van der Waals surface area (Å²) in [5.41, 5.74) is -0.370. The van der Waals surface area contributed by atoms with Crippen molar-refractivity contribution in [1.82, 2.24) is 10.2 Å². The highest BCUT2D eigenvalue weighted by atomic mass is 19.4. The molecule has 1 aromatic rings. The van der Waals surface area contributed by atoms with Crippen LogP contribution in [0.4, 0.5) is 23.7 Å². The van der Waals surface area contributed by atoms with Gasteiger partial charge in [-0.15, -0.1) is 0 Å². The molecule has 0 aromatic heterocycles. The Balaban J connectivity index is 2.01. The van der Waals surface area contributed by atoms with Crippen molar-refractivity contribution in [3.63, 3.8) is 0 Å². The number of nitrogens with zero attached hydrogens (tertiary/aromatic N) is 1. The molecule has 0 radical (unpaired) electrons. The lowest BCUT2D eigenvalue weighted by Gasteiger charge is -2.27. The maximum absolute atomic E-state index is 12.5. The summed E-state index contributed by atoms with van der Waals surface area (Å²) >= 11 is 0. The van der Waals surface area contributed by atoms with Gasteiger partial charge in [0.1, 0.15) is 0 Å². The number of amides is 2. The van der Waals surface area contributed by atoms with Gasteiger partial charge in [0.2, 0.25) is 0 Å². The van der Waals surface area contributed by atoms with Crippen LogP contribution in [-0.2, 0) is 6.18 Å². The number of nitrogens with one attached hydrogen (secondary N) is 2. The van der Waals surface area contributed by atoms with Crippen LogP contribution in [0.25, 0.3) is 0 Å². The molecule has 21 heavy (non-hydrogen) atoms. The van der Waals surface area contributed by atoms with Gasteiger partial charge in [-0.05, 0) is 44.2 Å². The van der Waals surface area contributed by atoms with Gasteiger partial charge < -0.3 is 15.5 Å². The van der Waals surface area contributed by atoms with Gasteiger partial charge in [0.05, 0.1) is 5.56 Å². The van der Waals surface area contributed by atoms with Gasteiger partial charge >= 0.3 is 12.2 Å². The molecule has 1 atom stereocenters. The van der Waals surface area contributed by atoms with Crippen LogP contribution < -0.4 is 10.6 Å². The summed E-state index contributed by atoms with van der Waals surface area (Å²) in [7, 11) is 0. The van der Waals surface area contributed by atoms with Crippen molar-refractivity contribution in [3.05, 3.63) is 29.8 Å². The molecule has 1 fully saturated rings. The highest BCUT2D eigenvalue weighted by Crippen LogP contribution is 2.29. The summed E-state index contributed by atoms with van der Waals surface area (Å²) in [5.74, 6) is 0. The van der Waals surface area contributed by atoms with Crippen molar-refractivity contribution in [1.29, 1.82) is 0 Å². The lowest BCUT2D eigenvalue weighted by atomic mass is 10.2. The van der Waals surface area contributed by atoms with Crippen molar-refractivity contribution in [3.8, 4) is 0 Å². The normalized spacial score (nSPS) is 18.6. The minimum Gasteiger partial charge on any atom is -0.321 e. The molecule has 1 aliphatic rings. The van der Waals surface area contributed by atoms with Gasteiger partial charge in [-0.3, -0.25) is 0 Å². The second-order valence-corrected chi connectivity index (χ2v) is 4.94. The Morgan fingerprint density at radius 1 is 1.38 bits per heavy atom. The Labute approximate surface area is 121 Å². The van der Waals surface area contributed by atoms with Crippen molar-refractivity contribution in [2.75, 3.05) is 25.0 Å². The zero-order valence-electron chi connectivity index (χ0n) is 11.7. The Morgan fingerprint density at radius 3 is 2.52 bits per heavy atom. The Hall–Kier alpha value is -1.76. The molecular formula is C14H18F3N3O. The maximum Gasteiger partial charge on any atom is 0.416 e. The molecule has 1 unspecified atom stereocenters. The zero-order valence-corrected chi connectivity index (χ0v) is 11.7. The second kappa shape index (κ2) is 6.34. The summed E-state index contributed by atoms with van der Waals surface area (Å²) < 4.78 is 37.4. The van der Waals surface area contributed by atoms with E-state index in [-0.39, 0.29) is 12.1 Å². The van der Waals surface area contributed by atoms with E-state index in [1.165, 1.54) is 12.1 Å². The van der Waals surface area contributed by atoms with E-state index in [9.17, 15) is 18.0 Å². The number of benzene rings is 1. The molecule has 0 aliphatic carbocycles.